The Balaban J connectivity index is 1.64. The normalized spacial score (nSPS) is 14.0. The fourth-order valence-electron chi connectivity index (χ4n) is 4.72. The van der Waals surface area contributed by atoms with Gasteiger partial charge < -0.3 is 14.9 Å². The smallest absolute Gasteiger partial charge is 0.355 e. The fraction of sp³-hybridized carbons (Fsp3) is 0.241. The fourth-order valence-corrected chi connectivity index (χ4v) is 5.95. The number of hydrogen-bond donors (Lipinski definition) is 4. The minimum absolute atomic E-state index is 0.0407. The van der Waals surface area contributed by atoms with Crippen molar-refractivity contribution < 1.29 is 31.6 Å². The van der Waals surface area contributed by atoms with Crippen LogP contribution in [0.1, 0.15) is 52.3 Å². The van der Waals surface area contributed by atoms with Crippen molar-refractivity contribution in [3.63, 3.8) is 0 Å². The number of nitrogens with one attached hydrogen (secondary N) is 2. The number of hydrogen-bond acceptors (Lipinski definition) is 9. The van der Waals surface area contributed by atoms with Gasteiger partial charge in [-0.2, -0.15) is 0 Å². The number of carbonyl (C=O) groups is 1. The predicted octanol–water partition coefficient (Wildman–Crippen LogP) is 5.82. The first-order valence-corrected chi connectivity index (χ1v) is 15.6. The van der Waals surface area contributed by atoms with Gasteiger partial charge in [-0.15, -0.1) is 11.3 Å². The number of allylic oxidation sites excluding steroid dienone is 2. The van der Waals surface area contributed by atoms with E-state index in [1.54, 1.807) is 13.8 Å². The average molecular weight is 628 g/mol. The Kier molecular flexibility index (Phi) is 8.27. The molecule has 1 fully saturated rings. The molecule has 0 bridgehead atoms. The van der Waals surface area contributed by atoms with Crippen LogP contribution in [0.2, 0.25) is 0 Å². The zero-order valence-corrected chi connectivity index (χ0v) is 24.7. The molecular weight excluding hydrogens is 600 g/mol. The largest absolute Gasteiger partial charge is 0.476 e. The van der Waals surface area contributed by atoms with Crippen LogP contribution in [0, 0.1) is 36.8 Å². The van der Waals surface area contributed by atoms with E-state index in [1.807, 2.05) is 0 Å². The lowest BCUT2D eigenvalue weighted by Crippen LogP contribution is -2.16. The molecule has 0 aliphatic heterocycles. The Bertz CT molecular complexity index is 1870. The molecule has 0 spiro atoms. The highest BCUT2D eigenvalue weighted by atomic mass is 32.2. The van der Waals surface area contributed by atoms with Gasteiger partial charge in [0.15, 0.2) is 10.8 Å². The van der Waals surface area contributed by atoms with Gasteiger partial charge in [0.25, 0.3) is 0 Å². The summed E-state index contributed by atoms with van der Waals surface area (Å²) in [4.78, 5) is 15.2. The van der Waals surface area contributed by atoms with E-state index in [1.165, 1.54) is 35.7 Å². The van der Waals surface area contributed by atoms with Gasteiger partial charge in [-0.1, -0.05) is 11.2 Å². The van der Waals surface area contributed by atoms with E-state index in [0.717, 1.165) is 30.2 Å². The SMILES string of the molecule is Cc1noc(C)c1-c1cc(C(=N)/C(Cc2ccc(S(N)(=O)=O)cc2F)=C(/CC2CC2)Nc2nc(C(=O)O)cs2)ccc1F. The van der Waals surface area contributed by atoms with Crippen molar-refractivity contribution in [2.45, 2.75) is 44.4 Å². The molecule has 2 aromatic heterocycles. The number of nitrogens with zero attached hydrogens (tertiary/aromatic N) is 2. The molecule has 14 heteroatoms. The second-order valence-corrected chi connectivity index (χ2v) is 12.7. The Morgan fingerprint density at radius 1 is 1.19 bits per heavy atom. The van der Waals surface area contributed by atoms with Gasteiger partial charge in [-0.25, -0.2) is 32.1 Å². The number of halogens is 2. The second kappa shape index (κ2) is 11.8. The lowest BCUT2D eigenvalue weighted by atomic mass is 9.91. The van der Waals surface area contributed by atoms with Crippen LogP contribution in [0.25, 0.3) is 11.1 Å². The molecule has 0 unspecified atom stereocenters. The number of nitrogens with two attached hydrogens (primary N) is 1. The van der Waals surface area contributed by atoms with E-state index < -0.39 is 32.5 Å². The molecule has 43 heavy (non-hydrogen) atoms. The molecule has 5 rings (SSSR count). The van der Waals surface area contributed by atoms with E-state index in [-0.39, 0.29) is 40.0 Å². The van der Waals surface area contributed by atoms with Crippen molar-refractivity contribution in [2.24, 2.45) is 11.1 Å². The van der Waals surface area contributed by atoms with Crippen molar-refractivity contribution in [1.29, 1.82) is 5.41 Å². The Morgan fingerprint density at radius 2 is 1.93 bits per heavy atom. The number of aromatic nitrogens is 2. The van der Waals surface area contributed by atoms with Gasteiger partial charge in [-0.05, 0) is 74.9 Å². The van der Waals surface area contributed by atoms with Crippen molar-refractivity contribution in [2.75, 3.05) is 5.32 Å². The number of carboxylic acid groups (broad SMARTS) is 1. The Hall–Kier alpha value is -4.27. The second-order valence-electron chi connectivity index (χ2n) is 10.3. The molecule has 5 N–H and O–H groups in total. The third-order valence-electron chi connectivity index (χ3n) is 7.11. The number of rotatable bonds is 11. The molecule has 1 aliphatic carbocycles. The van der Waals surface area contributed by atoms with E-state index in [9.17, 15) is 23.7 Å². The highest BCUT2D eigenvalue weighted by molar-refractivity contribution is 7.89. The van der Waals surface area contributed by atoms with Crippen LogP contribution in [-0.4, -0.2) is 35.3 Å². The number of carboxylic acids is 1. The number of thiazole rings is 1. The minimum Gasteiger partial charge on any atom is -0.476 e. The van der Waals surface area contributed by atoms with Crippen LogP contribution in [-0.2, 0) is 16.4 Å². The zero-order chi connectivity index (χ0) is 31.1. The monoisotopic (exact) mass is 627 g/mol. The first kappa shape index (κ1) is 30.2. The molecular formula is C29H27F2N5O5S2. The average Bonchev–Trinajstić information content (AvgIpc) is 3.53. The number of primary sulfonamides is 1. The number of benzene rings is 2. The van der Waals surface area contributed by atoms with Crippen LogP contribution in [0.4, 0.5) is 13.9 Å². The summed E-state index contributed by atoms with van der Waals surface area (Å²) in [7, 11) is -4.15. The molecule has 2 aromatic carbocycles. The highest BCUT2D eigenvalue weighted by Crippen LogP contribution is 2.38. The molecule has 0 saturated heterocycles. The van der Waals surface area contributed by atoms with Crippen LogP contribution in [0.3, 0.4) is 0 Å². The lowest BCUT2D eigenvalue weighted by Gasteiger charge is -2.19. The summed E-state index contributed by atoms with van der Waals surface area (Å²) in [5, 5.41) is 32.5. The molecule has 224 valence electrons. The highest BCUT2D eigenvalue weighted by Gasteiger charge is 2.28. The van der Waals surface area contributed by atoms with E-state index in [4.69, 9.17) is 9.66 Å². The Morgan fingerprint density at radius 3 is 2.51 bits per heavy atom. The molecule has 0 radical (unpaired) electrons. The summed E-state index contributed by atoms with van der Waals surface area (Å²) in [5.74, 6) is -1.88. The minimum atomic E-state index is -4.15. The predicted molar refractivity (Wildman–Crippen MR) is 157 cm³/mol. The molecule has 2 heterocycles. The molecule has 0 amide bonds. The van der Waals surface area contributed by atoms with Crippen LogP contribution >= 0.6 is 11.3 Å². The summed E-state index contributed by atoms with van der Waals surface area (Å²) in [6.45, 7) is 3.34. The van der Waals surface area contributed by atoms with Gasteiger partial charge >= 0.3 is 5.97 Å². The molecule has 1 aliphatic rings. The maximum atomic E-state index is 15.3. The molecule has 10 nitrogen and oxygen atoms in total. The van der Waals surface area contributed by atoms with E-state index >= 15 is 8.78 Å². The topological polar surface area (TPSA) is 172 Å². The zero-order valence-electron chi connectivity index (χ0n) is 23.1. The maximum absolute atomic E-state index is 15.3. The van der Waals surface area contributed by atoms with E-state index in [0.29, 0.717) is 40.3 Å². The van der Waals surface area contributed by atoms with Gasteiger partial charge in [-0.3, -0.25) is 5.41 Å². The number of anilines is 1. The van der Waals surface area contributed by atoms with Gasteiger partial charge in [0, 0.05) is 34.2 Å². The van der Waals surface area contributed by atoms with Gasteiger partial charge in [0.05, 0.1) is 21.9 Å². The summed E-state index contributed by atoms with van der Waals surface area (Å²) >= 11 is 1.07. The quantitative estimate of drug-likeness (QED) is 0.151. The third-order valence-corrected chi connectivity index (χ3v) is 8.78. The van der Waals surface area contributed by atoms with Crippen LogP contribution in [0.5, 0.6) is 0 Å². The first-order chi connectivity index (χ1) is 20.3. The van der Waals surface area contributed by atoms with Crippen molar-refractivity contribution in [3.05, 3.63) is 93.0 Å². The first-order valence-electron chi connectivity index (χ1n) is 13.1. The number of aryl methyl sites for hydroxylation is 2. The summed E-state index contributed by atoms with van der Waals surface area (Å²) in [5.41, 5.74) is 2.22. The molecule has 1 saturated carbocycles. The summed E-state index contributed by atoms with van der Waals surface area (Å²) in [6, 6.07) is 7.50. The van der Waals surface area contributed by atoms with Crippen molar-refractivity contribution in [1.82, 2.24) is 10.1 Å². The molecule has 0 atom stereocenters. The van der Waals surface area contributed by atoms with E-state index in [2.05, 4.69) is 15.5 Å². The lowest BCUT2D eigenvalue weighted by molar-refractivity contribution is 0.0691. The van der Waals surface area contributed by atoms with Crippen molar-refractivity contribution in [3.8, 4) is 11.1 Å². The van der Waals surface area contributed by atoms with Crippen molar-refractivity contribution >= 4 is 38.2 Å². The third kappa shape index (κ3) is 6.71. The molecule has 4 aromatic rings. The van der Waals surface area contributed by atoms with Crippen LogP contribution in [0.15, 0.2) is 62.5 Å². The Labute approximate surface area is 249 Å². The maximum Gasteiger partial charge on any atom is 0.355 e. The summed E-state index contributed by atoms with van der Waals surface area (Å²) < 4.78 is 59.1. The number of sulfonamides is 1. The summed E-state index contributed by atoms with van der Waals surface area (Å²) in [6.07, 6.45) is 2.21. The van der Waals surface area contributed by atoms with Gasteiger partial charge in [0.1, 0.15) is 17.4 Å². The van der Waals surface area contributed by atoms with Crippen LogP contribution < -0.4 is 10.5 Å². The standard InChI is InChI=1S/C29H27F2N5O5S2/c1-14-26(15(2)41-36-14)20-11-18(6-8-22(20)30)27(32)21(10-17-5-7-19(12-23(17)31)43(33,39)40)24(9-16-3-4-16)34-29-35-25(13-42-29)28(37)38/h5-8,11-13,16,32H,3-4,9-10H2,1-2H3,(H,34,35)(H,37,38)(H2,33,39,40)/b24-21-,32-27?. The number of aromatic carboxylic acids is 1. The van der Waals surface area contributed by atoms with Gasteiger partial charge in [0.2, 0.25) is 10.0 Å².